The predicted molar refractivity (Wildman–Crippen MR) is 61.8 cm³/mol. The Balaban J connectivity index is 1.73. The third-order valence-corrected chi connectivity index (χ3v) is 3.68. The van der Waals surface area contributed by atoms with E-state index in [-0.39, 0.29) is 0 Å². The number of rotatable bonds is 3. The SMILES string of the molecule is c1csc(NCC2CCCCCC2)n1. The second-order valence-electron chi connectivity index (χ2n) is 4.08. The molecule has 0 unspecified atom stereocenters. The number of aromatic nitrogens is 1. The molecule has 0 aromatic carbocycles. The van der Waals surface area contributed by atoms with Crippen LogP contribution in [0.25, 0.3) is 0 Å². The van der Waals surface area contributed by atoms with Crippen LogP contribution >= 0.6 is 11.3 Å². The molecule has 1 saturated carbocycles. The van der Waals surface area contributed by atoms with Crippen LogP contribution in [0.15, 0.2) is 11.6 Å². The molecule has 0 radical (unpaired) electrons. The van der Waals surface area contributed by atoms with Crippen molar-refractivity contribution in [1.29, 1.82) is 0 Å². The van der Waals surface area contributed by atoms with Crippen molar-refractivity contribution < 1.29 is 0 Å². The number of hydrogen-bond donors (Lipinski definition) is 1. The molecule has 0 spiro atoms. The molecule has 2 nitrogen and oxygen atoms in total. The van der Waals surface area contributed by atoms with Gasteiger partial charge in [-0.15, -0.1) is 11.3 Å². The molecule has 2 rings (SSSR count). The molecule has 1 aromatic heterocycles. The Morgan fingerprint density at radius 2 is 2.07 bits per heavy atom. The highest BCUT2D eigenvalue weighted by atomic mass is 32.1. The van der Waals surface area contributed by atoms with Gasteiger partial charge in [0.1, 0.15) is 0 Å². The van der Waals surface area contributed by atoms with E-state index < -0.39 is 0 Å². The molecule has 0 saturated heterocycles. The van der Waals surface area contributed by atoms with Gasteiger partial charge in [0.2, 0.25) is 0 Å². The fourth-order valence-electron chi connectivity index (χ4n) is 2.11. The third kappa shape index (κ3) is 2.98. The van der Waals surface area contributed by atoms with Crippen molar-refractivity contribution in [3.8, 4) is 0 Å². The van der Waals surface area contributed by atoms with Crippen LogP contribution in [0, 0.1) is 5.92 Å². The van der Waals surface area contributed by atoms with E-state index in [1.807, 2.05) is 11.6 Å². The largest absolute Gasteiger partial charge is 0.361 e. The Hall–Kier alpha value is -0.570. The van der Waals surface area contributed by atoms with Crippen LogP contribution in [0.3, 0.4) is 0 Å². The molecule has 1 heterocycles. The number of nitrogens with one attached hydrogen (secondary N) is 1. The summed E-state index contributed by atoms with van der Waals surface area (Å²) >= 11 is 1.69. The highest BCUT2D eigenvalue weighted by Gasteiger charge is 2.11. The summed E-state index contributed by atoms with van der Waals surface area (Å²) < 4.78 is 0. The summed E-state index contributed by atoms with van der Waals surface area (Å²) in [6.07, 6.45) is 10.4. The summed E-state index contributed by atoms with van der Waals surface area (Å²) in [6.45, 7) is 1.12. The topological polar surface area (TPSA) is 24.9 Å². The molecule has 14 heavy (non-hydrogen) atoms. The summed E-state index contributed by atoms with van der Waals surface area (Å²) in [4.78, 5) is 4.23. The van der Waals surface area contributed by atoms with E-state index in [1.165, 1.54) is 38.5 Å². The van der Waals surface area contributed by atoms with Gasteiger partial charge in [0.25, 0.3) is 0 Å². The van der Waals surface area contributed by atoms with Gasteiger partial charge in [-0.2, -0.15) is 0 Å². The van der Waals surface area contributed by atoms with Crippen molar-refractivity contribution >= 4 is 16.5 Å². The van der Waals surface area contributed by atoms with E-state index in [0.29, 0.717) is 0 Å². The summed E-state index contributed by atoms with van der Waals surface area (Å²) in [5.41, 5.74) is 0. The molecule has 1 N–H and O–H groups in total. The normalized spacial score (nSPS) is 19.1. The molecule has 0 amide bonds. The van der Waals surface area contributed by atoms with Gasteiger partial charge in [-0.3, -0.25) is 0 Å². The van der Waals surface area contributed by atoms with Crippen LogP contribution in [0.2, 0.25) is 0 Å². The van der Waals surface area contributed by atoms with E-state index in [9.17, 15) is 0 Å². The molecule has 3 heteroatoms. The molecule has 1 aliphatic carbocycles. The molecular formula is C11H18N2S. The monoisotopic (exact) mass is 210 g/mol. The van der Waals surface area contributed by atoms with Crippen LogP contribution in [-0.2, 0) is 0 Å². The van der Waals surface area contributed by atoms with E-state index in [2.05, 4.69) is 10.3 Å². The van der Waals surface area contributed by atoms with Crippen molar-refractivity contribution in [2.45, 2.75) is 38.5 Å². The maximum atomic E-state index is 4.23. The first kappa shape index (κ1) is 9.97. The Morgan fingerprint density at radius 3 is 2.71 bits per heavy atom. The zero-order chi connectivity index (χ0) is 9.64. The summed E-state index contributed by atoms with van der Waals surface area (Å²) in [7, 11) is 0. The van der Waals surface area contributed by atoms with Crippen LogP contribution < -0.4 is 5.32 Å². The van der Waals surface area contributed by atoms with Crippen molar-refractivity contribution in [1.82, 2.24) is 4.98 Å². The Kier molecular flexibility index (Phi) is 3.80. The van der Waals surface area contributed by atoms with Crippen LogP contribution in [-0.4, -0.2) is 11.5 Å². The van der Waals surface area contributed by atoms with Gasteiger partial charge in [0.15, 0.2) is 5.13 Å². The standard InChI is InChI=1S/C11H18N2S/c1-2-4-6-10(5-3-1)9-13-11-12-7-8-14-11/h7-8,10H,1-6,9H2,(H,12,13). The van der Waals surface area contributed by atoms with Gasteiger partial charge >= 0.3 is 0 Å². The lowest BCUT2D eigenvalue weighted by molar-refractivity contribution is 0.483. The predicted octanol–water partition coefficient (Wildman–Crippen LogP) is 3.53. The lowest BCUT2D eigenvalue weighted by Crippen LogP contribution is -2.13. The van der Waals surface area contributed by atoms with Crippen LogP contribution in [0.1, 0.15) is 38.5 Å². The van der Waals surface area contributed by atoms with Gasteiger partial charge < -0.3 is 5.32 Å². The summed E-state index contributed by atoms with van der Waals surface area (Å²) in [5.74, 6) is 0.876. The zero-order valence-electron chi connectivity index (χ0n) is 8.54. The Bertz CT molecular complexity index is 238. The minimum absolute atomic E-state index is 0.876. The molecule has 1 aliphatic rings. The van der Waals surface area contributed by atoms with Crippen LogP contribution in [0.4, 0.5) is 5.13 Å². The first-order valence-electron chi connectivity index (χ1n) is 5.58. The molecule has 0 atom stereocenters. The van der Waals surface area contributed by atoms with E-state index in [4.69, 9.17) is 0 Å². The lowest BCUT2D eigenvalue weighted by Gasteiger charge is -2.13. The third-order valence-electron chi connectivity index (χ3n) is 2.95. The second-order valence-corrected chi connectivity index (χ2v) is 4.97. The number of hydrogen-bond acceptors (Lipinski definition) is 3. The number of nitrogens with zero attached hydrogens (tertiary/aromatic N) is 1. The molecule has 0 aliphatic heterocycles. The van der Waals surface area contributed by atoms with Crippen molar-refractivity contribution in [3.05, 3.63) is 11.6 Å². The second kappa shape index (κ2) is 5.35. The maximum absolute atomic E-state index is 4.23. The molecular weight excluding hydrogens is 192 g/mol. The number of thiazole rings is 1. The van der Waals surface area contributed by atoms with Crippen molar-refractivity contribution in [3.63, 3.8) is 0 Å². The Morgan fingerprint density at radius 1 is 1.29 bits per heavy atom. The van der Waals surface area contributed by atoms with Gasteiger partial charge in [-0.1, -0.05) is 25.7 Å². The average Bonchev–Trinajstić information content (AvgIpc) is 2.58. The van der Waals surface area contributed by atoms with Crippen LogP contribution in [0.5, 0.6) is 0 Å². The minimum atomic E-state index is 0.876. The van der Waals surface area contributed by atoms with E-state index in [1.54, 1.807) is 11.3 Å². The van der Waals surface area contributed by atoms with Gasteiger partial charge in [-0.05, 0) is 18.8 Å². The first-order chi connectivity index (χ1) is 6.95. The quantitative estimate of drug-likeness (QED) is 0.772. The fraction of sp³-hybridized carbons (Fsp3) is 0.727. The Labute approximate surface area is 89.8 Å². The highest BCUT2D eigenvalue weighted by molar-refractivity contribution is 7.13. The zero-order valence-corrected chi connectivity index (χ0v) is 9.35. The van der Waals surface area contributed by atoms with Gasteiger partial charge in [0.05, 0.1) is 0 Å². The summed E-state index contributed by atoms with van der Waals surface area (Å²) in [6, 6.07) is 0. The number of anilines is 1. The first-order valence-corrected chi connectivity index (χ1v) is 6.46. The fourth-order valence-corrected chi connectivity index (χ4v) is 2.65. The summed E-state index contributed by atoms with van der Waals surface area (Å²) in [5, 5.41) is 6.53. The minimum Gasteiger partial charge on any atom is -0.361 e. The average molecular weight is 210 g/mol. The molecule has 78 valence electrons. The van der Waals surface area contributed by atoms with Crippen molar-refractivity contribution in [2.75, 3.05) is 11.9 Å². The molecule has 0 bridgehead atoms. The lowest BCUT2D eigenvalue weighted by atomic mass is 10.0. The van der Waals surface area contributed by atoms with E-state index >= 15 is 0 Å². The molecule has 1 fully saturated rings. The van der Waals surface area contributed by atoms with E-state index in [0.717, 1.165) is 17.6 Å². The van der Waals surface area contributed by atoms with Crippen molar-refractivity contribution in [2.24, 2.45) is 5.92 Å². The molecule has 1 aromatic rings. The van der Waals surface area contributed by atoms with Gasteiger partial charge in [0, 0.05) is 18.1 Å². The smallest absolute Gasteiger partial charge is 0.182 e. The van der Waals surface area contributed by atoms with Gasteiger partial charge in [-0.25, -0.2) is 4.98 Å². The maximum Gasteiger partial charge on any atom is 0.182 e. The highest BCUT2D eigenvalue weighted by Crippen LogP contribution is 2.23.